The van der Waals surface area contributed by atoms with Gasteiger partial charge in [-0.25, -0.2) is 0 Å². The lowest BCUT2D eigenvalue weighted by atomic mass is 10.1. The predicted molar refractivity (Wildman–Crippen MR) is 70.1 cm³/mol. The molecule has 0 radical (unpaired) electrons. The number of rotatable bonds is 4. The Morgan fingerprint density at radius 3 is 1.90 bits per heavy atom. The molecule has 5 heteroatoms. The molecule has 20 heavy (non-hydrogen) atoms. The van der Waals surface area contributed by atoms with Crippen molar-refractivity contribution in [2.24, 2.45) is 5.73 Å². The maximum atomic E-state index is 12.4. The molecule has 0 saturated heterocycles. The maximum absolute atomic E-state index is 12.4. The highest BCUT2D eigenvalue weighted by atomic mass is 19.4. The Labute approximate surface area is 115 Å². The summed E-state index contributed by atoms with van der Waals surface area (Å²) in [5.41, 5.74) is 6.50. The van der Waals surface area contributed by atoms with Gasteiger partial charge in [0, 0.05) is 6.54 Å². The van der Waals surface area contributed by atoms with Gasteiger partial charge >= 0.3 is 6.18 Å². The zero-order valence-corrected chi connectivity index (χ0v) is 10.7. The number of alkyl halides is 3. The first-order valence-electron chi connectivity index (χ1n) is 6.07. The highest BCUT2D eigenvalue weighted by molar-refractivity contribution is 5.28. The van der Waals surface area contributed by atoms with Gasteiger partial charge in [-0.15, -0.1) is 0 Å². The number of hydrogen-bond donors (Lipinski definition) is 1. The lowest BCUT2D eigenvalue weighted by molar-refractivity contribution is -0.137. The lowest BCUT2D eigenvalue weighted by Crippen LogP contribution is -2.05. The van der Waals surface area contributed by atoms with Gasteiger partial charge in [-0.05, 0) is 35.4 Å². The molecule has 2 rings (SSSR count). The van der Waals surface area contributed by atoms with Crippen molar-refractivity contribution in [3.63, 3.8) is 0 Å². The van der Waals surface area contributed by atoms with Crippen LogP contribution in [0.25, 0.3) is 0 Å². The van der Waals surface area contributed by atoms with Gasteiger partial charge in [0.15, 0.2) is 0 Å². The summed E-state index contributed by atoms with van der Waals surface area (Å²) in [6, 6.07) is 12.2. The van der Waals surface area contributed by atoms with Gasteiger partial charge in [-0.3, -0.25) is 0 Å². The van der Waals surface area contributed by atoms with Crippen molar-refractivity contribution in [2.75, 3.05) is 0 Å². The third kappa shape index (κ3) is 3.74. The third-order valence-corrected chi connectivity index (χ3v) is 2.85. The standard InChI is InChI=1S/C15H14F3NO/c16-15(17,18)13-5-1-12(2-6-13)10-20-14-7-3-11(9-19)4-8-14/h1-8H,9-10,19H2. The summed E-state index contributed by atoms with van der Waals surface area (Å²) in [7, 11) is 0. The summed E-state index contributed by atoms with van der Waals surface area (Å²) in [5, 5.41) is 0. The van der Waals surface area contributed by atoms with E-state index in [1.807, 2.05) is 12.1 Å². The van der Waals surface area contributed by atoms with E-state index in [2.05, 4.69) is 0 Å². The first kappa shape index (κ1) is 14.4. The van der Waals surface area contributed by atoms with E-state index >= 15 is 0 Å². The molecule has 0 aliphatic heterocycles. The van der Waals surface area contributed by atoms with Crippen LogP contribution >= 0.6 is 0 Å². The molecule has 0 saturated carbocycles. The highest BCUT2D eigenvalue weighted by Crippen LogP contribution is 2.29. The van der Waals surface area contributed by atoms with Gasteiger partial charge in [0.1, 0.15) is 12.4 Å². The van der Waals surface area contributed by atoms with Crippen LogP contribution < -0.4 is 10.5 Å². The second-order valence-corrected chi connectivity index (χ2v) is 4.33. The van der Waals surface area contributed by atoms with Crippen LogP contribution in [-0.4, -0.2) is 0 Å². The van der Waals surface area contributed by atoms with Gasteiger partial charge in [-0.1, -0.05) is 24.3 Å². The lowest BCUT2D eigenvalue weighted by Gasteiger charge is -2.09. The minimum Gasteiger partial charge on any atom is -0.489 e. The molecule has 0 bridgehead atoms. The molecule has 0 spiro atoms. The number of ether oxygens (including phenoxy) is 1. The van der Waals surface area contributed by atoms with Crippen LogP contribution in [0, 0.1) is 0 Å². The van der Waals surface area contributed by atoms with E-state index in [1.165, 1.54) is 12.1 Å². The molecule has 2 aromatic rings. The molecule has 0 aromatic heterocycles. The SMILES string of the molecule is NCc1ccc(OCc2ccc(C(F)(F)F)cc2)cc1. The first-order valence-corrected chi connectivity index (χ1v) is 6.07. The topological polar surface area (TPSA) is 35.2 Å². The third-order valence-electron chi connectivity index (χ3n) is 2.85. The smallest absolute Gasteiger partial charge is 0.416 e. The van der Waals surface area contributed by atoms with E-state index in [4.69, 9.17) is 10.5 Å². The summed E-state index contributed by atoms with van der Waals surface area (Å²) >= 11 is 0. The van der Waals surface area contributed by atoms with Gasteiger partial charge in [0.05, 0.1) is 5.56 Å². The second-order valence-electron chi connectivity index (χ2n) is 4.33. The van der Waals surface area contributed by atoms with Crippen LogP contribution in [0.1, 0.15) is 16.7 Å². The Balaban J connectivity index is 1.96. The van der Waals surface area contributed by atoms with Crippen molar-refractivity contribution in [1.82, 2.24) is 0 Å². The van der Waals surface area contributed by atoms with Crippen molar-refractivity contribution in [1.29, 1.82) is 0 Å². The van der Waals surface area contributed by atoms with Crippen LogP contribution in [0.2, 0.25) is 0 Å². The fourth-order valence-electron chi connectivity index (χ4n) is 1.68. The van der Waals surface area contributed by atoms with E-state index in [0.717, 1.165) is 17.7 Å². The van der Waals surface area contributed by atoms with Gasteiger partial charge in [0.2, 0.25) is 0 Å². The van der Waals surface area contributed by atoms with E-state index in [1.54, 1.807) is 12.1 Å². The molecule has 0 unspecified atom stereocenters. The van der Waals surface area contributed by atoms with Gasteiger partial charge < -0.3 is 10.5 Å². The summed E-state index contributed by atoms with van der Waals surface area (Å²) in [5.74, 6) is 0.655. The first-order chi connectivity index (χ1) is 9.49. The predicted octanol–water partition coefficient (Wildman–Crippen LogP) is 3.74. The van der Waals surface area contributed by atoms with E-state index < -0.39 is 11.7 Å². The Hall–Kier alpha value is -2.01. The number of halogens is 3. The van der Waals surface area contributed by atoms with Crippen molar-refractivity contribution in [2.45, 2.75) is 19.3 Å². The molecule has 0 aliphatic rings. The Morgan fingerprint density at radius 2 is 1.40 bits per heavy atom. The summed E-state index contributed by atoms with van der Waals surface area (Å²) in [6.45, 7) is 0.680. The van der Waals surface area contributed by atoms with Crippen molar-refractivity contribution >= 4 is 0 Å². The molecule has 0 aliphatic carbocycles. The molecule has 0 atom stereocenters. The highest BCUT2D eigenvalue weighted by Gasteiger charge is 2.29. The maximum Gasteiger partial charge on any atom is 0.416 e. The minimum absolute atomic E-state index is 0.222. The minimum atomic E-state index is -4.31. The quantitative estimate of drug-likeness (QED) is 0.926. The molecule has 2 nitrogen and oxygen atoms in total. The monoisotopic (exact) mass is 281 g/mol. The largest absolute Gasteiger partial charge is 0.489 e. The molecule has 106 valence electrons. The summed E-state index contributed by atoms with van der Waals surface area (Å²) < 4.78 is 42.7. The van der Waals surface area contributed by atoms with E-state index in [9.17, 15) is 13.2 Å². The second kappa shape index (κ2) is 5.96. The Morgan fingerprint density at radius 1 is 0.850 bits per heavy atom. The normalized spacial score (nSPS) is 11.4. The summed E-state index contributed by atoms with van der Waals surface area (Å²) in [6.07, 6.45) is -4.31. The molecule has 0 heterocycles. The average molecular weight is 281 g/mol. The van der Waals surface area contributed by atoms with Crippen LogP contribution in [0.4, 0.5) is 13.2 Å². The number of benzene rings is 2. The van der Waals surface area contributed by atoms with Crippen molar-refractivity contribution in [3.8, 4) is 5.75 Å². The number of nitrogens with two attached hydrogens (primary N) is 1. The average Bonchev–Trinajstić information content (AvgIpc) is 2.45. The van der Waals surface area contributed by atoms with Gasteiger partial charge in [-0.2, -0.15) is 13.2 Å². The fraction of sp³-hybridized carbons (Fsp3) is 0.200. The van der Waals surface area contributed by atoms with Crippen LogP contribution in [0.3, 0.4) is 0 Å². The van der Waals surface area contributed by atoms with Crippen LogP contribution in [0.5, 0.6) is 5.75 Å². The molecular formula is C15H14F3NO. The van der Waals surface area contributed by atoms with Crippen LogP contribution in [0.15, 0.2) is 48.5 Å². The number of hydrogen-bond acceptors (Lipinski definition) is 2. The molecule has 0 fully saturated rings. The Kier molecular flexibility index (Phi) is 4.29. The Bertz CT molecular complexity index is 547. The van der Waals surface area contributed by atoms with E-state index in [-0.39, 0.29) is 6.61 Å². The molecular weight excluding hydrogens is 267 g/mol. The zero-order chi connectivity index (χ0) is 14.6. The zero-order valence-electron chi connectivity index (χ0n) is 10.7. The molecule has 2 N–H and O–H groups in total. The summed E-state index contributed by atoms with van der Waals surface area (Å²) in [4.78, 5) is 0. The van der Waals surface area contributed by atoms with Crippen molar-refractivity contribution < 1.29 is 17.9 Å². The van der Waals surface area contributed by atoms with Crippen molar-refractivity contribution in [3.05, 3.63) is 65.2 Å². The fourth-order valence-corrected chi connectivity index (χ4v) is 1.68. The molecule has 2 aromatic carbocycles. The van der Waals surface area contributed by atoms with Gasteiger partial charge in [0.25, 0.3) is 0 Å². The van der Waals surface area contributed by atoms with Crippen LogP contribution in [-0.2, 0) is 19.3 Å². The molecule has 0 amide bonds. The van der Waals surface area contributed by atoms with E-state index in [0.29, 0.717) is 17.9 Å².